The van der Waals surface area contributed by atoms with Crippen molar-refractivity contribution in [3.05, 3.63) is 41.3 Å². The van der Waals surface area contributed by atoms with Crippen LogP contribution < -0.4 is 11.1 Å². The molecule has 2 aromatic rings. The number of benzene rings is 1. The van der Waals surface area contributed by atoms with Crippen LogP contribution in [0, 0.1) is 12.7 Å². The molecule has 0 spiro atoms. The van der Waals surface area contributed by atoms with E-state index in [1.807, 2.05) is 0 Å². The van der Waals surface area contributed by atoms with Crippen LogP contribution in [0.1, 0.15) is 22.1 Å². The van der Waals surface area contributed by atoms with E-state index >= 15 is 0 Å². The van der Waals surface area contributed by atoms with Gasteiger partial charge in [0.25, 0.3) is 5.91 Å². The number of rotatable bonds is 4. The van der Waals surface area contributed by atoms with Crippen molar-refractivity contribution in [1.82, 2.24) is 10.1 Å². The van der Waals surface area contributed by atoms with Crippen molar-refractivity contribution in [3.8, 4) is 0 Å². The van der Waals surface area contributed by atoms with E-state index in [1.165, 1.54) is 18.2 Å². The lowest BCUT2D eigenvalue weighted by Gasteiger charge is -2.05. The maximum atomic E-state index is 13.2. The van der Waals surface area contributed by atoms with Gasteiger partial charge in [-0.15, -0.1) is 0 Å². The molecule has 1 aromatic heterocycles. The molecule has 0 aliphatic rings. The monoisotopic (exact) mass is 250 g/mol. The van der Waals surface area contributed by atoms with Gasteiger partial charge >= 0.3 is 0 Å². The molecule has 3 N–H and O–H groups in total. The second-order valence-electron chi connectivity index (χ2n) is 3.65. The molecular formula is C11H11FN4O2. The fourth-order valence-electron chi connectivity index (χ4n) is 1.41. The normalized spacial score (nSPS) is 10.3. The Balaban J connectivity index is 2.10. The van der Waals surface area contributed by atoms with E-state index in [-0.39, 0.29) is 12.1 Å². The van der Waals surface area contributed by atoms with Gasteiger partial charge in [-0.05, 0) is 25.1 Å². The molecule has 2 rings (SSSR count). The van der Waals surface area contributed by atoms with Gasteiger partial charge in [0.1, 0.15) is 5.82 Å². The fraction of sp³-hybridized carbons (Fsp3) is 0.182. The average Bonchev–Trinajstić information content (AvgIpc) is 2.74. The van der Waals surface area contributed by atoms with Crippen LogP contribution in [0.4, 0.5) is 10.1 Å². The molecule has 6 nitrogen and oxygen atoms in total. The summed E-state index contributed by atoms with van der Waals surface area (Å²) in [5, 5.41) is 6.55. The van der Waals surface area contributed by atoms with Gasteiger partial charge in [-0.1, -0.05) is 5.16 Å². The van der Waals surface area contributed by atoms with Gasteiger partial charge in [0.15, 0.2) is 5.82 Å². The van der Waals surface area contributed by atoms with Crippen molar-refractivity contribution in [2.24, 2.45) is 5.73 Å². The zero-order chi connectivity index (χ0) is 13.1. The number of anilines is 1. The smallest absolute Gasteiger partial charge is 0.251 e. The summed E-state index contributed by atoms with van der Waals surface area (Å²) in [6.07, 6.45) is 0. The molecule has 0 bridgehead atoms. The van der Waals surface area contributed by atoms with Crippen LogP contribution in [0.25, 0.3) is 0 Å². The summed E-state index contributed by atoms with van der Waals surface area (Å²) < 4.78 is 18.1. The van der Waals surface area contributed by atoms with E-state index in [1.54, 1.807) is 6.92 Å². The molecule has 1 heterocycles. The first-order valence-electron chi connectivity index (χ1n) is 5.18. The number of aryl methyl sites for hydroxylation is 1. The molecule has 94 valence electrons. The third-order valence-corrected chi connectivity index (χ3v) is 2.25. The lowest BCUT2D eigenvalue weighted by Crippen LogP contribution is -2.13. The van der Waals surface area contributed by atoms with Gasteiger partial charge in [-0.2, -0.15) is 4.98 Å². The summed E-state index contributed by atoms with van der Waals surface area (Å²) in [7, 11) is 0. The SMILES string of the molecule is Cc1noc(CNc2ccc(F)c(C(N)=O)c2)n1. The number of halogens is 1. The standard InChI is InChI=1S/C11H11FN4O2/c1-6-15-10(18-16-6)5-14-7-2-3-9(12)8(4-7)11(13)17/h2-4,14H,5H2,1H3,(H2,13,17). The third-order valence-electron chi connectivity index (χ3n) is 2.25. The number of nitrogens with zero attached hydrogens (tertiary/aromatic N) is 2. The summed E-state index contributed by atoms with van der Waals surface area (Å²) in [6.45, 7) is 1.99. The van der Waals surface area contributed by atoms with Crippen LogP contribution >= 0.6 is 0 Å². The summed E-state index contributed by atoms with van der Waals surface area (Å²) in [6, 6.07) is 3.99. The third kappa shape index (κ3) is 2.62. The highest BCUT2D eigenvalue weighted by Crippen LogP contribution is 2.15. The van der Waals surface area contributed by atoms with Gasteiger partial charge in [-0.25, -0.2) is 4.39 Å². The van der Waals surface area contributed by atoms with E-state index in [2.05, 4.69) is 15.5 Å². The molecule has 0 fully saturated rings. The maximum Gasteiger partial charge on any atom is 0.251 e. The quantitative estimate of drug-likeness (QED) is 0.851. The number of nitrogens with two attached hydrogens (primary N) is 1. The Labute approximate surface area is 102 Å². The average molecular weight is 250 g/mol. The van der Waals surface area contributed by atoms with Crippen molar-refractivity contribution < 1.29 is 13.7 Å². The van der Waals surface area contributed by atoms with Gasteiger partial charge in [-0.3, -0.25) is 4.79 Å². The number of carbonyl (C=O) groups excluding carboxylic acids is 1. The van der Waals surface area contributed by atoms with Crippen LogP contribution in [-0.2, 0) is 6.54 Å². The minimum Gasteiger partial charge on any atom is -0.376 e. The number of amides is 1. The number of hydrogen-bond donors (Lipinski definition) is 2. The number of carbonyl (C=O) groups is 1. The highest BCUT2D eigenvalue weighted by molar-refractivity contribution is 5.94. The molecule has 1 amide bonds. The Morgan fingerprint density at radius 1 is 1.56 bits per heavy atom. The first kappa shape index (κ1) is 12.0. The van der Waals surface area contributed by atoms with Crippen LogP contribution in [0.5, 0.6) is 0 Å². The highest BCUT2D eigenvalue weighted by Gasteiger charge is 2.09. The predicted octanol–water partition coefficient (Wildman–Crippen LogP) is 1.23. The van der Waals surface area contributed by atoms with Crippen molar-refractivity contribution in [2.45, 2.75) is 13.5 Å². The molecule has 1 aromatic carbocycles. The Morgan fingerprint density at radius 2 is 2.33 bits per heavy atom. The number of nitrogens with one attached hydrogen (secondary N) is 1. The van der Waals surface area contributed by atoms with Crippen molar-refractivity contribution in [1.29, 1.82) is 0 Å². The van der Waals surface area contributed by atoms with Crippen LogP contribution in [0.15, 0.2) is 22.7 Å². The zero-order valence-corrected chi connectivity index (χ0v) is 9.61. The van der Waals surface area contributed by atoms with Gasteiger partial charge in [0.05, 0.1) is 12.1 Å². The Hall–Kier alpha value is -2.44. The van der Waals surface area contributed by atoms with Gasteiger partial charge in [0.2, 0.25) is 5.89 Å². The molecule has 0 aliphatic carbocycles. The molecule has 7 heteroatoms. The summed E-state index contributed by atoms with van der Waals surface area (Å²) in [5.41, 5.74) is 5.42. The van der Waals surface area contributed by atoms with Gasteiger partial charge < -0.3 is 15.6 Å². The second kappa shape index (κ2) is 4.82. The van der Waals surface area contributed by atoms with Gasteiger partial charge in [0, 0.05) is 5.69 Å². The van der Waals surface area contributed by atoms with E-state index in [9.17, 15) is 9.18 Å². The maximum absolute atomic E-state index is 13.2. The zero-order valence-electron chi connectivity index (χ0n) is 9.61. The Kier molecular flexibility index (Phi) is 3.22. The molecular weight excluding hydrogens is 239 g/mol. The number of hydrogen-bond acceptors (Lipinski definition) is 5. The lowest BCUT2D eigenvalue weighted by atomic mass is 10.2. The Morgan fingerprint density at radius 3 is 2.94 bits per heavy atom. The summed E-state index contributed by atoms with van der Waals surface area (Å²) in [5.74, 6) is -0.535. The van der Waals surface area contributed by atoms with E-state index in [0.717, 1.165) is 0 Å². The molecule has 0 atom stereocenters. The summed E-state index contributed by atoms with van der Waals surface area (Å²) >= 11 is 0. The lowest BCUT2D eigenvalue weighted by molar-refractivity contribution is 0.0996. The van der Waals surface area contributed by atoms with Crippen molar-refractivity contribution in [3.63, 3.8) is 0 Å². The topological polar surface area (TPSA) is 94.0 Å². The van der Waals surface area contributed by atoms with E-state index < -0.39 is 11.7 Å². The molecule has 0 saturated heterocycles. The first-order chi connectivity index (χ1) is 8.56. The number of aromatic nitrogens is 2. The summed E-state index contributed by atoms with van der Waals surface area (Å²) in [4.78, 5) is 15.0. The van der Waals surface area contributed by atoms with Crippen LogP contribution in [0.3, 0.4) is 0 Å². The van der Waals surface area contributed by atoms with E-state index in [0.29, 0.717) is 17.4 Å². The number of primary amides is 1. The second-order valence-corrected chi connectivity index (χ2v) is 3.65. The van der Waals surface area contributed by atoms with E-state index in [4.69, 9.17) is 10.3 Å². The first-order valence-corrected chi connectivity index (χ1v) is 5.18. The molecule has 0 radical (unpaired) electrons. The van der Waals surface area contributed by atoms with Crippen LogP contribution in [0.2, 0.25) is 0 Å². The van der Waals surface area contributed by atoms with Crippen LogP contribution in [-0.4, -0.2) is 16.0 Å². The molecule has 0 saturated carbocycles. The van der Waals surface area contributed by atoms with Crippen molar-refractivity contribution >= 4 is 11.6 Å². The predicted molar refractivity (Wildman–Crippen MR) is 61.3 cm³/mol. The minimum atomic E-state index is -0.815. The Bertz CT molecular complexity index is 582. The molecule has 0 aliphatic heterocycles. The highest BCUT2D eigenvalue weighted by atomic mass is 19.1. The minimum absolute atomic E-state index is 0.165. The molecule has 18 heavy (non-hydrogen) atoms. The largest absolute Gasteiger partial charge is 0.376 e. The fourth-order valence-corrected chi connectivity index (χ4v) is 1.41. The molecule has 0 unspecified atom stereocenters. The van der Waals surface area contributed by atoms with Crippen molar-refractivity contribution in [2.75, 3.05) is 5.32 Å².